The van der Waals surface area contributed by atoms with E-state index in [9.17, 15) is 9.18 Å². The fourth-order valence-corrected chi connectivity index (χ4v) is 3.90. The lowest BCUT2D eigenvalue weighted by Gasteiger charge is -2.14. The Morgan fingerprint density at radius 3 is 2.69 bits per heavy atom. The van der Waals surface area contributed by atoms with Gasteiger partial charge in [-0.25, -0.2) is 19.0 Å². The third kappa shape index (κ3) is 3.60. The number of nitrogens with zero attached hydrogens (tertiary/aromatic N) is 6. The van der Waals surface area contributed by atoms with Gasteiger partial charge in [-0.2, -0.15) is 5.10 Å². The molecule has 0 aliphatic carbocycles. The smallest absolute Gasteiger partial charge is 0.261 e. The molecule has 3 heterocycles. The molecule has 0 amide bonds. The second-order valence-electron chi connectivity index (χ2n) is 7.60. The molecule has 0 fully saturated rings. The van der Waals surface area contributed by atoms with Crippen molar-refractivity contribution in [2.24, 2.45) is 0 Å². The van der Waals surface area contributed by atoms with Gasteiger partial charge in [-0.1, -0.05) is 18.2 Å². The first kappa shape index (κ1) is 19.9. The number of aryl methyl sites for hydroxylation is 1. The maximum atomic E-state index is 13.9. The van der Waals surface area contributed by atoms with Crippen molar-refractivity contribution in [2.45, 2.75) is 26.4 Å². The van der Waals surface area contributed by atoms with Crippen LogP contribution >= 0.6 is 0 Å². The standard InChI is InChI=1S/C24H21FN6O/c1-17-21(15-27-31(17)19-6-3-2-4-7-19)23-28-22-14-18(25)8-9-20(22)24(32)30(23)12-5-11-29-13-10-26-16-29/h2-4,6-10,13-16H,5,11-12H2,1H3. The van der Waals surface area contributed by atoms with Crippen LogP contribution in [0.1, 0.15) is 12.1 Å². The molecule has 0 radical (unpaired) electrons. The highest BCUT2D eigenvalue weighted by atomic mass is 19.1. The van der Waals surface area contributed by atoms with E-state index in [0.29, 0.717) is 29.7 Å². The van der Waals surface area contributed by atoms with E-state index in [4.69, 9.17) is 4.98 Å². The molecule has 0 bridgehead atoms. The molecule has 32 heavy (non-hydrogen) atoms. The first-order valence-electron chi connectivity index (χ1n) is 10.4. The Bertz CT molecular complexity index is 1440. The van der Waals surface area contributed by atoms with Crippen LogP contribution in [0.15, 0.2) is 78.2 Å². The molecule has 3 aromatic heterocycles. The summed E-state index contributed by atoms with van der Waals surface area (Å²) in [5, 5.41) is 4.92. The minimum Gasteiger partial charge on any atom is -0.337 e. The molecule has 7 nitrogen and oxygen atoms in total. The molecule has 0 atom stereocenters. The van der Waals surface area contributed by atoms with Gasteiger partial charge in [0.2, 0.25) is 0 Å². The van der Waals surface area contributed by atoms with Gasteiger partial charge in [0.05, 0.1) is 40.4 Å². The molecule has 8 heteroatoms. The fraction of sp³-hybridized carbons (Fsp3) is 0.167. The second-order valence-corrected chi connectivity index (χ2v) is 7.60. The fourth-order valence-electron chi connectivity index (χ4n) is 3.90. The predicted molar refractivity (Wildman–Crippen MR) is 120 cm³/mol. The number of halogens is 1. The first-order valence-corrected chi connectivity index (χ1v) is 10.4. The van der Waals surface area contributed by atoms with Gasteiger partial charge in [0.15, 0.2) is 0 Å². The van der Waals surface area contributed by atoms with E-state index >= 15 is 0 Å². The van der Waals surface area contributed by atoms with Crippen molar-refractivity contribution in [3.05, 3.63) is 95.3 Å². The normalized spacial score (nSPS) is 11.3. The number of benzene rings is 2. The van der Waals surface area contributed by atoms with Crippen LogP contribution in [0.3, 0.4) is 0 Å². The molecule has 5 aromatic rings. The average Bonchev–Trinajstić information content (AvgIpc) is 3.45. The van der Waals surface area contributed by atoms with E-state index < -0.39 is 5.82 Å². The van der Waals surface area contributed by atoms with E-state index in [-0.39, 0.29) is 5.56 Å². The lowest BCUT2D eigenvalue weighted by Crippen LogP contribution is -2.24. The van der Waals surface area contributed by atoms with E-state index in [0.717, 1.165) is 23.5 Å². The maximum Gasteiger partial charge on any atom is 0.261 e. The summed E-state index contributed by atoms with van der Waals surface area (Å²) in [5.41, 5.74) is 2.64. The molecule has 0 aliphatic heterocycles. The Hall–Kier alpha value is -4.07. The number of aromatic nitrogens is 6. The summed E-state index contributed by atoms with van der Waals surface area (Å²) in [6.07, 6.45) is 7.79. The summed E-state index contributed by atoms with van der Waals surface area (Å²) in [6, 6.07) is 13.8. The lowest BCUT2D eigenvalue weighted by atomic mass is 10.2. The van der Waals surface area contributed by atoms with E-state index in [1.54, 1.807) is 23.3 Å². The molecule has 2 aromatic carbocycles. The highest BCUT2D eigenvalue weighted by molar-refractivity contribution is 5.80. The van der Waals surface area contributed by atoms with Crippen LogP contribution in [-0.2, 0) is 13.1 Å². The van der Waals surface area contributed by atoms with Crippen LogP contribution < -0.4 is 5.56 Å². The molecule has 0 spiro atoms. The van der Waals surface area contributed by atoms with E-state index in [2.05, 4.69) is 10.1 Å². The largest absolute Gasteiger partial charge is 0.337 e. The highest BCUT2D eigenvalue weighted by Gasteiger charge is 2.18. The predicted octanol–water partition coefficient (Wildman–Crippen LogP) is 3.98. The molecular weight excluding hydrogens is 407 g/mol. The van der Waals surface area contributed by atoms with Crippen LogP contribution in [0.2, 0.25) is 0 Å². The zero-order valence-electron chi connectivity index (χ0n) is 17.5. The molecule has 0 N–H and O–H groups in total. The van der Waals surface area contributed by atoms with Crippen molar-refractivity contribution in [2.75, 3.05) is 0 Å². The molecule has 0 aliphatic rings. The summed E-state index contributed by atoms with van der Waals surface area (Å²) in [5.74, 6) is 0.0586. The topological polar surface area (TPSA) is 70.5 Å². The third-order valence-corrected chi connectivity index (χ3v) is 5.53. The molecule has 0 unspecified atom stereocenters. The lowest BCUT2D eigenvalue weighted by molar-refractivity contribution is 0.554. The molecule has 0 saturated heterocycles. The number of hydrogen-bond donors (Lipinski definition) is 0. The average molecular weight is 428 g/mol. The van der Waals surface area contributed by atoms with Crippen molar-refractivity contribution in [3.8, 4) is 17.1 Å². The summed E-state index contributed by atoms with van der Waals surface area (Å²) >= 11 is 0. The van der Waals surface area contributed by atoms with Gasteiger partial charge in [0, 0.05) is 31.5 Å². The number of rotatable bonds is 6. The van der Waals surface area contributed by atoms with Crippen LogP contribution in [0.5, 0.6) is 0 Å². The number of hydrogen-bond acceptors (Lipinski definition) is 4. The number of para-hydroxylation sites is 1. The van der Waals surface area contributed by atoms with Gasteiger partial charge in [0.1, 0.15) is 11.6 Å². The Labute approximate surface area is 183 Å². The Kier molecular flexibility index (Phi) is 5.10. The van der Waals surface area contributed by atoms with Gasteiger partial charge in [-0.05, 0) is 37.6 Å². The second kappa shape index (κ2) is 8.22. The van der Waals surface area contributed by atoms with Gasteiger partial charge < -0.3 is 4.57 Å². The van der Waals surface area contributed by atoms with Crippen LogP contribution in [0.25, 0.3) is 28.0 Å². The van der Waals surface area contributed by atoms with E-state index in [1.807, 2.05) is 52.7 Å². The van der Waals surface area contributed by atoms with Crippen molar-refractivity contribution in [1.82, 2.24) is 28.9 Å². The van der Waals surface area contributed by atoms with Crippen molar-refractivity contribution in [3.63, 3.8) is 0 Å². The zero-order valence-corrected chi connectivity index (χ0v) is 17.5. The molecular formula is C24H21FN6O. The first-order chi connectivity index (χ1) is 15.6. The minimum absolute atomic E-state index is 0.192. The molecule has 0 saturated carbocycles. The summed E-state index contributed by atoms with van der Waals surface area (Å²) in [7, 11) is 0. The Balaban J connectivity index is 1.62. The minimum atomic E-state index is -0.426. The zero-order chi connectivity index (χ0) is 22.1. The van der Waals surface area contributed by atoms with Crippen molar-refractivity contribution >= 4 is 10.9 Å². The quantitative estimate of drug-likeness (QED) is 0.410. The van der Waals surface area contributed by atoms with Gasteiger partial charge >= 0.3 is 0 Å². The molecule has 160 valence electrons. The monoisotopic (exact) mass is 428 g/mol. The highest BCUT2D eigenvalue weighted by Crippen LogP contribution is 2.25. The third-order valence-electron chi connectivity index (χ3n) is 5.53. The summed E-state index contributed by atoms with van der Waals surface area (Å²) < 4.78 is 19.3. The Morgan fingerprint density at radius 2 is 1.91 bits per heavy atom. The van der Waals surface area contributed by atoms with Gasteiger partial charge in [-0.15, -0.1) is 0 Å². The maximum absolute atomic E-state index is 13.9. The molecule has 5 rings (SSSR count). The van der Waals surface area contributed by atoms with E-state index in [1.165, 1.54) is 18.2 Å². The summed E-state index contributed by atoms with van der Waals surface area (Å²) in [6.45, 7) is 3.12. The van der Waals surface area contributed by atoms with Gasteiger partial charge in [-0.3, -0.25) is 9.36 Å². The number of imidazole rings is 1. The summed E-state index contributed by atoms with van der Waals surface area (Å²) in [4.78, 5) is 22.1. The van der Waals surface area contributed by atoms with Crippen LogP contribution in [0.4, 0.5) is 4.39 Å². The SMILES string of the molecule is Cc1c(-c2nc3cc(F)ccc3c(=O)n2CCCn2ccnc2)cnn1-c1ccccc1. The Morgan fingerprint density at radius 1 is 1.06 bits per heavy atom. The van der Waals surface area contributed by atoms with Crippen molar-refractivity contribution in [1.29, 1.82) is 0 Å². The van der Waals surface area contributed by atoms with Crippen molar-refractivity contribution < 1.29 is 4.39 Å². The van der Waals surface area contributed by atoms with Crippen LogP contribution in [0, 0.1) is 12.7 Å². The van der Waals surface area contributed by atoms with Crippen LogP contribution in [-0.4, -0.2) is 28.9 Å². The van der Waals surface area contributed by atoms with Gasteiger partial charge in [0.25, 0.3) is 5.56 Å². The number of fused-ring (bicyclic) bond motifs is 1.